The Morgan fingerprint density at radius 1 is 0.926 bits per heavy atom. The molecule has 0 fully saturated rings. The van der Waals surface area contributed by atoms with Gasteiger partial charge in [-0.3, -0.25) is 4.79 Å². The van der Waals surface area contributed by atoms with Crippen molar-refractivity contribution in [1.29, 1.82) is 0 Å². The van der Waals surface area contributed by atoms with Crippen molar-refractivity contribution >= 4 is 21.6 Å². The van der Waals surface area contributed by atoms with Crippen LogP contribution in [0.25, 0.3) is 32.7 Å². The average molecular weight is 375 g/mol. The Bertz CT molecular complexity index is 1160. The van der Waals surface area contributed by atoms with Crippen molar-refractivity contribution in [2.24, 2.45) is 0 Å². The van der Waals surface area contributed by atoms with Gasteiger partial charge in [0.25, 0.3) is 5.56 Å². The van der Waals surface area contributed by atoms with Crippen LogP contribution >= 0.6 is 11.3 Å². The molecule has 4 rings (SSSR count). The SMILES string of the molecule is Cc1ccc(-c2nc3scc(-c4ccc(C(C)(C)C)cc4)c3c(=O)[nH]2)cc1. The van der Waals surface area contributed by atoms with Crippen LogP contribution in [0.4, 0.5) is 0 Å². The average Bonchev–Trinajstić information content (AvgIpc) is 3.06. The van der Waals surface area contributed by atoms with E-state index < -0.39 is 0 Å². The third-order valence-electron chi connectivity index (χ3n) is 4.83. The summed E-state index contributed by atoms with van der Waals surface area (Å²) in [7, 11) is 0. The van der Waals surface area contributed by atoms with E-state index in [2.05, 4.69) is 50.0 Å². The van der Waals surface area contributed by atoms with Gasteiger partial charge in [-0.25, -0.2) is 4.98 Å². The predicted molar refractivity (Wildman–Crippen MR) is 115 cm³/mol. The Morgan fingerprint density at radius 2 is 1.56 bits per heavy atom. The van der Waals surface area contributed by atoms with Crippen LogP contribution in [0.1, 0.15) is 31.9 Å². The maximum Gasteiger partial charge on any atom is 0.260 e. The third kappa shape index (κ3) is 3.33. The van der Waals surface area contributed by atoms with E-state index in [0.717, 1.165) is 21.5 Å². The lowest BCUT2D eigenvalue weighted by molar-refractivity contribution is 0.590. The van der Waals surface area contributed by atoms with Crippen molar-refractivity contribution in [3.8, 4) is 22.5 Å². The first-order chi connectivity index (χ1) is 12.8. The van der Waals surface area contributed by atoms with Gasteiger partial charge < -0.3 is 4.98 Å². The quantitative estimate of drug-likeness (QED) is 0.473. The summed E-state index contributed by atoms with van der Waals surface area (Å²) in [6.07, 6.45) is 0. The summed E-state index contributed by atoms with van der Waals surface area (Å²) in [6, 6.07) is 16.5. The molecular weight excluding hydrogens is 352 g/mol. The first-order valence-electron chi connectivity index (χ1n) is 9.02. The van der Waals surface area contributed by atoms with Crippen LogP contribution in [0.15, 0.2) is 58.7 Å². The molecule has 27 heavy (non-hydrogen) atoms. The number of aromatic nitrogens is 2. The molecule has 2 aromatic carbocycles. The first-order valence-corrected chi connectivity index (χ1v) is 9.90. The highest BCUT2D eigenvalue weighted by molar-refractivity contribution is 7.17. The molecule has 3 nitrogen and oxygen atoms in total. The molecule has 2 heterocycles. The minimum absolute atomic E-state index is 0.0910. The third-order valence-corrected chi connectivity index (χ3v) is 5.70. The first kappa shape index (κ1) is 17.7. The minimum atomic E-state index is -0.0910. The van der Waals surface area contributed by atoms with Gasteiger partial charge >= 0.3 is 0 Å². The van der Waals surface area contributed by atoms with Gasteiger partial charge in [0.2, 0.25) is 0 Å². The molecule has 0 aliphatic carbocycles. The summed E-state index contributed by atoms with van der Waals surface area (Å²) in [5, 5.41) is 2.69. The highest BCUT2D eigenvalue weighted by Crippen LogP contribution is 2.33. The fraction of sp³-hybridized carbons (Fsp3) is 0.217. The molecule has 0 saturated heterocycles. The Balaban J connectivity index is 1.80. The minimum Gasteiger partial charge on any atom is -0.306 e. The van der Waals surface area contributed by atoms with Crippen LogP contribution in [0.2, 0.25) is 0 Å². The second kappa shape index (κ2) is 6.46. The molecule has 2 aromatic heterocycles. The maximum absolute atomic E-state index is 12.8. The molecule has 1 N–H and O–H groups in total. The molecule has 0 saturated carbocycles. The zero-order valence-corrected chi connectivity index (χ0v) is 16.8. The number of nitrogens with one attached hydrogen (secondary N) is 1. The summed E-state index contributed by atoms with van der Waals surface area (Å²) >= 11 is 1.51. The van der Waals surface area contributed by atoms with E-state index in [-0.39, 0.29) is 11.0 Å². The molecule has 0 spiro atoms. The van der Waals surface area contributed by atoms with Crippen LogP contribution in [-0.4, -0.2) is 9.97 Å². The summed E-state index contributed by atoms with van der Waals surface area (Å²) in [5.74, 6) is 0.615. The molecule has 4 aromatic rings. The van der Waals surface area contributed by atoms with Gasteiger partial charge in [-0.2, -0.15) is 0 Å². The number of aromatic amines is 1. The fourth-order valence-electron chi connectivity index (χ4n) is 3.16. The van der Waals surface area contributed by atoms with E-state index in [0.29, 0.717) is 11.2 Å². The fourth-order valence-corrected chi connectivity index (χ4v) is 4.11. The topological polar surface area (TPSA) is 45.8 Å². The Labute approximate surface area is 162 Å². The van der Waals surface area contributed by atoms with Crippen molar-refractivity contribution < 1.29 is 0 Å². The monoisotopic (exact) mass is 374 g/mol. The van der Waals surface area contributed by atoms with Crippen LogP contribution in [-0.2, 0) is 5.41 Å². The maximum atomic E-state index is 12.8. The summed E-state index contributed by atoms with van der Waals surface area (Å²) in [6.45, 7) is 8.63. The van der Waals surface area contributed by atoms with Gasteiger partial charge in [-0.05, 0) is 23.5 Å². The lowest BCUT2D eigenvalue weighted by Gasteiger charge is -2.19. The summed E-state index contributed by atoms with van der Waals surface area (Å²) in [4.78, 5) is 21.3. The molecule has 0 amide bonds. The Kier molecular flexibility index (Phi) is 4.23. The number of hydrogen-bond donors (Lipinski definition) is 1. The van der Waals surface area contributed by atoms with Crippen molar-refractivity contribution in [1.82, 2.24) is 9.97 Å². The van der Waals surface area contributed by atoms with E-state index in [4.69, 9.17) is 4.98 Å². The van der Waals surface area contributed by atoms with Crippen molar-refractivity contribution in [2.75, 3.05) is 0 Å². The van der Waals surface area contributed by atoms with Gasteiger partial charge in [-0.1, -0.05) is 74.9 Å². The van der Waals surface area contributed by atoms with Gasteiger partial charge in [0, 0.05) is 16.5 Å². The molecule has 0 atom stereocenters. The summed E-state index contributed by atoms with van der Waals surface area (Å²) < 4.78 is 0. The van der Waals surface area contributed by atoms with Gasteiger partial charge in [0.1, 0.15) is 10.7 Å². The van der Waals surface area contributed by atoms with E-state index in [9.17, 15) is 4.79 Å². The van der Waals surface area contributed by atoms with E-state index in [1.165, 1.54) is 22.5 Å². The highest BCUT2D eigenvalue weighted by Gasteiger charge is 2.16. The highest BCUT2D eigenvalue weighted by atomic mass is 32.1. The molecule has 0 radical (unpaired) electrons. The predicted octanol–water partition coefficient (Wildman–Crippen LogP) is 5.92. The lowest BCUT2D eigenvalue weighted by atomic mass is 9.86. The zero-order valence-electron chi connectivity index (χ0n) is 16.0. The molecule has 136 valence electrons. The van der Waals surface area contributed by atoms with Crippen molar-refractivity contribution in [2.45, 2.75) is 33.1 Å². The van der Waals surface area contributed by atoms with Gasteiger partial charge in [-0.15, -0.1) is 11.3 Å². The van der Waals surface area contributed by atoms with Crippen LogP contribution in [0.3, 0.4) is 0 Å². The van der Waals surface area contributed by atoms with Crippen molar-refractivity contribution in [3.05, 3.63) is 75.4 Å². The second-order valence-electron chi connectivity index (χ2n) is 7.94. The van der Waals surface area contributed by atoms with Crippen molar-refractivity contribution in [3.63, 3.8) is 0 Å². The molecule has 0 aliphatic rings. The number of aryl methyl sites for hydroxylation is 1. The van der Waals surface area contributed by atoms with E-state index >= 15 is 0 Å². The number of hydrogen-bond acceptors (Lipinski definition) is 3. The normalized spacial score (nSPS) is 11.9. The molecule has 4 heteroatoms. The van der Waals surface area contributed by atoms with Crippen LogP contribution in [0, 0.1) is 6.92 Å². The number of thiophene rings is 1. The molecule has 0 unspecified atom stereocenters. The zero-order chi connectivity index (χ0) is 19.2. The lowest BCUT2D eigenvalue weighted by Crippen LogP contribution is -2.10. The van der Waals surface area contributed by atoms with Gasteiger partial charge in [0.05, 0.1) is 5.39 Å². The van der Waals surface area contributed by atoms with E-state index in [1.807, 2.05) is 36.6 Å². The van der Waals surface area contributed by atoms with Crippen LogP contribution < -0.4 is 5.56 Å². The standard InChI is InChI=1S/C23H22N2OS/c1-14-5-7-16(8-6-14)20-24-21(26)19-18(13-27-22(19)25-20)15-9-11-17(12-10-15)23(2,3)4/h5-13H,1-4H3,(H,24,25,26). The smallest absolute Gasteiger partial charge is 0.260 e. The van der Waals surface area contributed by atoms with Gasteiger partial charge in [0.15, 0.2) is 0 Å². The number of rotatable bonds is 2. The number of benzene rings is 2. The Morgan fingerprint density at radius 3 is 2.19 bits per heavy atom. The number of H-pyrrole nitrogens is 1. The molecule has 0 aliphatic heterocycles. The number of fused-ring (bicyclic) bond motifs is 1. The largest absolute Gasteiger partial charge is 0.306 e. The number of nitrogens with zero attached hydrogens (tertiary/aromatic N) is 1. The van der Waals surface area contributed by atoms with E-state index in [1.54, 1.807) is 0 Å². The molecular formula is C23H22N2OS. The molecule has 0 bridgehead atoms. The second-order valence-corrected chi connectivity index (χ2v) is 8.80. The summed E-state index contributed by atoms with van der Waals surface area (Å²) in [5.41, 5.74) is 5.39. The Hall–Kier alpha value is -2.72. The van der Waals surface area contributed by atoms with Crippen LogP contribution in [0.5, 0.6) is 0 Å².